The van der Waals surface area contributed by atoms with Crippen molar-refractivity contribution in [3.63, 3.8) is 0 Å². The second kappa shape index (κ2) is 9.15. The molecular formula is C18H20N4O3S. The average molecular weight is 372 g/mol. The Morgan fingerprint density at radius 2 is 2.15 bits per heavy atom. The van der Waals surface area contributed by atoms with Gasteiger partial charge in [0.15, 0.2) is 17.5 Å². The Kier molecular flexibility index (Phi) is 6.92. The molecule has 0 unspecified atom stereocenters. The Bertz CT molecular complexity index is 869. The second-order valence-electron chi connectivity index (χ2n) is 5.70. The fraction of sp³-hybridized carbons (Fsp3) is 0.389. The number of nitrogens with zero attached hydrogens (tertiary/aromatic N) is 3. The number of esters is 1. The molecule has 1 aromatic carbocycles. The lowest BCUT2D eigenvalue weighted by molar-refractivity contribution is -0.145. The normalized spacial score (nSPS) is 11.7. The smallest absolute Gasteiger partial charge is 0.316 e. The third-order valence-corrected chi connectivity index (χ3v) is 4.60. The predicted octanol–water partition coefficient (Wildman–Crippen LogP) is 2.83. The van der Waals surface area contributed by atoms with Gasteiger partial charge in [0.25, 0.3) is 0 Å². The topological polar surface area (TPSA) is 109 Å². The van der Waals surface area contributed by atoms with Crippen LogP contribution in [-0.4, -0.2) is 39.4 Å². The molecule has 0 spiro atoms. The molecule has 0 radical (unpaired) electrons. The van der Waals surface area contributed by atoms with Crippen molar-refractivity contribution >= 4 is 40.3 Å². The van der Waals surface area contributed by atoms with Crippen LogP contribution in [0.2, 0.25) is 0 Å². The van der Waals surface area contributed by atoms with Crippen LogP contribution < -0.4 is 0 Å². The summed E-state index contributed by atoms with van der Waals surface area (Å²) in [7, 11) is 0. The highest BCUT2D eigenvalue weighted by molar-refractivity contribution is 7.99. The van der Waals surface area contributed by atoms with Crippen molar-refractivity contribution in [1.29, 1.82) is 10.7 Å². The number of thioether (sulfide) groups is 1. The van der Waals surface area contributed by atoms with Crippen LogP contribution in [0, 0.1) is 22.7 Å². The number of Topliss-reactive ketones (excluding diaryl/α,β-unsaturated/α-hetero) is 1. The highest BCUT2D eigenvalue weighted by atomic mass is 32.2. The zero-order chi connectivity index (χ0) is 19.1. The first-order chi connectivity index (χ1) is 12.5. The third kappa shape index (κ3) is 4.70. The molecule has 26 heavy (non-hydrogen) atoms. The van der Waals surface area contributed by atoms with Crippen LogP contribution in [-0.2, 0) is 20.9 Å². The average Bonchev–Trinajstić information content (AvgIpc) is 2.96. The maximum Gasteiger partial charge on any atom is 0.316 e. The van der Waals surface area contributed by atoms with Crippen LogP contribution in [0.5, 0.6) is 0 Å². The van der Waals surface area contributed by atoms with E-state index in [-0.39, 0.29) is 11.5 Å². The molecular weight excluding hydrogens is 352 g/mol. The quantitative estimate of drug-likeness (QED) is 0.412. The first-order valence-electron chi connectivity index (χ1n) is 8.19. The van der Waals surface area contributed by atoms with E-state index in [1.165, 1.54) is 18.7 Å². The van der Waals surface area contributed by atoms with Gasteiger partial charge in [0.1, 0.15) is 5.92 Å². The van der Waals surface area contributed by atoms with Gasteiger partial charge in [-0.25, -0.2) is 4.98 Å². The Hall–Kier alpha value is -2.66. The van der Waals surface area contributed by atoms with E-state index in [0.29, 0.717) is 0 Å². The number of fused-ring (bicyclic) bond motifs is 1. The number of hydrogen-bond acceptors (Lipinski definition) is 7. The lowest BCUT2D eigenvalue weighted by Gasteiger charge is -2.08. The second-order valence-corrected chi connectivity index (χ2v) is 6.64. The number of rotatable bonds is 9. The zero-order valence-electron chi connectivity index (χ0n) is 14.7. The van der Waals surface area contributed by atoms with Gasteiger partial charge in [-0.1, -0.05) is 30.8 Å². The minimum absolute atomic E-state index is 0.0150. The van der Waals surface area contributed by atoms with Gasteiger partial charge in [0.2, 0.25) is 0 Å². The number of benzene rings is 1. The Balaban J connectivity index is 1.96. The number of hydrogen-bond donors (Lipinski definition) is 1. The lowest BCUT2D eigenvalue weighted by Crippen LogP contribution is -2.26. The van der Waals surface area contributed by atoms with Gasteiger partial charge < -0.3 is 14.7 Å². The number of nitriles is 1. The van der Waals surface area contributed by atoms with Gasteiger partial charge >= 0.3 is 5.97 Å². The number of para-hydroxylation sites is 2. The number of aromatic nitrogens is 2. The molecule has 7 nitrogen and oxygen atoms in total. The fourth-order valence-corrected chi connectivity index (χ4v) is 3.25. The summed E-state index contributed by atoms with van der Waals surface area (Å²) >= 11 is 1.25. The third-order valence-electron chi connectivity index (χ3n) is 3.65. The van der Waals surface area contributed by atoms with Crippen molar-refractivity contribution in [3.8, 4) is 6.07 Å². The molecule has 1 N–H and O–H groups in total. The summed E-state index contributed by atoms with van der Waals surface area (Å²) in [5.74, 6) is -2.29. The molecule has 0 amide bonds. The van der Waals surface area contributed by atoms with Crippen LogP contribution in [0.15, 0.2) is 29.4 Å². The van der Waals surface area contributed by atoms with Crippen molar-refractivity contribution in [2.45, 2.75) is 32.0 Å². The molecule has 1 heterocycles. The van der Waals surface area contributed by atoms with E-state index in [1.54, 1.807) is 6.07 Å². The maximum absolute atomic E-state index is 11.9. The van der Waals surface area contributed by atoms with Crippen molar-refractivity contribution < 1.29 is 14.3 Å². The van der Waals surface area contributed by atoms with Gasteiger partial charge in [-0.3, -0.25) is 9.59 Å². The molecule has 0 aliphatic carbocycles. The highest BCUT2D eigenvalue weighted by Crippen LogP contribution is 2.24. The number of ether oxygens (including phenoxy) is 1. The van der Waals surface area contributed by atoms with Crippen molar-refractivity contribution in [2.24, 2.45) is 5.92 Å². The lowest BCUT2D eigenvalue weighted by atomic mass is 10.0. The molecule has 0 bridgehead atoms. The molecule has 0 saturated carbocycles. The summed E-state index contributed by atoms with van der Waals surface area (Å²) in [4.78, 5) is 28.2. The largest absolute Gasteiger partial charge is 0.457 e. The monoisotopic (exact) mass is 372 g/mol. The Morgan fingerprint density at radius 3 is 2.81 bits per heavy atom. The Morgan fingerprint density at radius 1 is 1.42 bits per heavy atom. The molecule has 2 aromatic rings. The number of imidazole rings is 1. The SMILES string of the molecule is CCCn1c(SCC(=O)OCC(=O)[C@@H](C#N)C(C)=N)nc2ccccc21. The molecule has 0 fully saturated rings. The molecule has 0 aliphatic heterocycles. The molecule has 0 saturated heterocycles. The van der Waals surface area contributed by atoms with Gasteiger partial charge in [-0.15, -0.1) is 0 Å². The maximum atomic E-state index is 11.9. The highest BCUT2D eigenvalue weighted by Gasteiger charge is 2.21. The summed E-state index contributed by atoms with van der Waals surface area (Å²) in [5.41, 5.74) is 1.82. The summed E-state index contributed by atoms with van der Waals surface area (Å²) in [6, 6.07) is 9.50. The number of nitrogens with one attached hydrogen (secondary N) is 1. The summed E-state index contributed by atoms with van der Waals surface area (Å²) in [6.45, 7) is 3.74. The van der Waals surface area contributed by atoms with Crippen molar-refractivity contribution in [3.05, 3.63) is 24.3 Å². The number of aryl methyl sites for hydroxylation is 1. The molecule has 1 aromatic heterocycles. The zero-order valence-corrected chi connectivity index (χ0v) is 15.5. The van der Waals surface area contributed by atoms with E-state index < -0.39 is 24.3 Å². The van der Waals surface area contributed by atoms with Gasteiger partial charge in [0.05, 0.1) is 22.9 Å². The van der Waals surface area contributed by atoms with E-state index in [9.17, 15) is 9.59 Å². The first-order valence-corrected chi connectivity index (χ1v) is 9.17. The summed E-state index contributed by atoms with van der Waals surface area (Å²) in [6.07, 6.45) is 0.936. The van der Waals surface area contributed by atoms with Crippen LogP contribution in [0.4, 0.5) is 0 Å². The first kappa shape index (κ1) is 19.7. The van der Waals surface area contributed by atoms with Crippen LogP contribution in [0.1, 0.15) is 20.3 Å². The van der Waals surface area contributed by atoms with E-state index in [0.717, 1.165) is 29.2 Å². The van der Waals surface area contributed by atoms with Gasteiger partial charge in [0, 0.05) is 12.3 Å². The van der Waals surface area contributed by atoms with E-state index in [4.69, 9.17) is 15.4 Å². The minimum Gasteiger partial charge on any atom is -0.457 e. The van der Waals surface area contributed by atoms with Crippen molar-refractivity contribution in [1.82, 2.24) is 9.55 Å². The molecule has 1 atom stereocenters. The van der Waals surface area contributed by atoms with E-state index >= 15 is 0 Å². The molecule has 2 rings (SSSR count). The Labute approximate surface area is 155 Å². The van der Waals surface area contributed by atoms with Gasteiger partial charge in [-0.2, -0.15) is 5.26 Å². The van der Waals surface area contributed by atoms with Crippen LogP contribution in [0.25, 0.3) is 11.0 Å². The predicted molar refractivity (Wildman–Crippen MR) is 99.2 cm³/mol. The van der Waals surface area contributed by atoms with Crippen LogP contribution in [0.3, 0.4) is 0 Å². The van der Waals surface area contributed by atoms with E-state index in [2.05, 4.69) is 16.5 Å². The summed E-state index contributed by atoms with van der Waals surface area (Å²) < 4.78 is 7.00. The van der Waals surface area contributed by atoms with Crippen LogP contribution >= 0.6 is 11.8 Å². The number of carbonyl (C=O) groups is 2. The molecule has 136 valence electrons. The number of carbonyl (C=O) groups excluding carboxylic acids is 2. The summed E-state index contributed by atoms with van der Waals surface area (Å²) in [5, 5.41) is 17.0. The standard InChI is InChI=1S/C18H20N4O3S/c1-3-8-22-15-7-5-4-6-14(15)21-18(22)26-11-17(24)25-10-16(23)13(9-19)12(2)20/h4-7,13,20H,3,8,10-11H2,1-2H3/t13-/m0/s1. The molecule has 0 aliphatic rings. The van der Waals surface area contributed by atoms with E-state index in [1.807, 2.05) is 24.3 Å². The van der Waals surface area contributed by atoms with Crippen molar-refractivity contribution in [2.75, 3.05) is 12.4 Å². The molecule has 8 heteroatoms. The van der Waals surface area contributed by atoms with Gasteiger partial charge in [-0.05, 0) is 25.5 Å². The minimum atomic E-state index is -1.16. The number of ketones is 1. The fourth-order valence-electron chi connectivity index (χ4n) is 2.41.